The summed E-state index contributed by atoms with van der Waals surface area (Å²) in [6.07, 6.45) is 13.1. The molecule has 0 rings (SSSR count). The van der Waals surface area contributed by atoms with Crippen LogP contribution >= 0.6 is 0 Å². The summed E-state index contributed by atoms with van der Waals surface area (Å²) in [7, 11) is 0. The molecule has 6 nitrogen and oxygen atoms in total. The number of hydrogen-bond donors (Lipinski definition) is 1. The summed E-state index contributed by atoms with van der Waals surface area (Å²) in [6, 6.07) is 0. The Kier molecular flexibility index (Phi) is 15.0. The summed E-state index contributed by atoms with van der Waals surface area (Å²) >= 11 is 0. The van der Waals surface area contributed by atoms with Gasteiger partial charge < -0.3 is 9.84 Å². The van der Waals surface area contributed by atoms with Gasteiger partial charge in [0.15, 0.2) is 0 Å². The van der Waals surface area contributed by atoms with E-state index in [0.29, 0.717) is 13.2 Å². The molecule has 6 heteroatoms. The number of aliphatic carboxylic acids is 1. The average Bonchev–Trinajstić information content (AvgIpc) is 2.55. The fraction of sp³-hybridized carbons (Fsp3) is 0.800. The SMILES string of the molecule is CC(C)(C)OOCCCCCCCCCCCCOC(=O)C=CC(=O)O. The van der Waals surface area contributed by atoms with Gasteiger partial charge in [0.2, 0.25) is 0 Å². The van der Waals surface area contributed by atoms with Crippen molar-refractivity contribution in [2.75, 3.05) is 13.2 Å². The molecule has 0 aliphatic heterocycles. The minimum atomic E-state index is -1.15. The Labute approximate surface area is 157 Å². The molecule has 0 fully saturated rings. The molecule has 0 saturated carbocycles. The maximum Gasteiger partial charge on any atom is 0.331 e. The van der Waals surface area contributed by atoms with Crippen LogP contribution in [0.3, 0.4) is 0 Å². The zero-order valence-electron chi connectivity index (χ0n) is 16.6. The lowest BCUT2D eigenvalue weighted by Crippen LogP contribution is -2.19. The molecule has 0 aliphatic rings. The van der Waals surface area contributed by atoms with Crippen LogP contribution in [0.1, 0.15) is 85.0 Å². The predicted molar refractivity (Wildman–Crippen MR) is 101 cm³/mol. The third-order valence-corrected chi connectivity index (χ3v) is 3.54. The molecule has 0 amide bonds. The van der Waals surface area contributed by atoms with Crippen molar-refractivity contribution >= 4 is 11.9 Å². The molecule has 0 atom stereocenters. The van der Waals surface area contributed by atoms with E-state index >= 15 is 0 Å². The van der Waals surface area contributed by atoms with Crippen LogP contribution in [0, 0.1) is 0 Å². The van der Waals surface area contributed by atoms with Crippen molar-refractivity contribution in [3.8, 4) is 0 Å². The van der Waals surface area contributed by atoms with Gasteiger partial charge in [0, 0.05) is 12.2 Å². The normalized spacial score (nSPS) is 11.8. The quantitative estimate of drug-likeness (QED) is 0.138. The van der Waals surface area contributed by atoms with E-state index in [4.69, 9.17) is 19.6 Å². The van der Waals surface area contributed by atoms with Gasteiger partial charge in [-0.05, 0) is 33.6 Å². The minimum Gasteiger partial charge on any atom is -0.478 e. The summed E-state index contributed by atoms with van der Waals surface area (Å²) in [5.41, 5.74) is -0.237. The number of carboxylic acids is 1. The Balaban J connectivity index is 3.20. The van der Waals surface area contributed by atoms with E-state index in [2.05, 4.69) is 0 Å². The molecule has 0 spiro atoms. The molecule has 0 aliphatic carbocycles. The number of carboxylic acid groups (broad SMARTS) is 1. The molecule has 0 aromatic carbocycles. The first kappa shape index (κ1) is 24.6. The fourth-order valence-electron chi connectivity index (χ4n) is 2.26. The summed E-state index contributed by atoms with van der Waals surface area (Å²) in [5.74, 6) is -1.74. The molecule has 152 valence electrons. The summed E-state index contributed by atoms with van der Waals surface area (Å²) in [4.78, 5) is 31.7. The monoisotopic (exact) mass is 372 g/mol. The molecule has 0 bridgehead atoms. The molecule has 0 radical (unpaired) electrons. The van der Waals surface area contributed by atoms with Crippen molar-refractivity contribution in [3.05, 3.63) is 12.2 Å². The van der Waals surface area contributed by atoms with Crippen LogP contribution in [0.15, 0.2) is 12.2 Å². The van der Waals surface area contributed by atoms with Crippen LogP contribution in [-0.4, -0.2) is 35.9 Å². The lowest BCUT2D eigenvalue weighted by molar-refractivity contribution is -0.348. The van der Waals surface area contributed by atoms with E-state index in [1.54, 1.807) is 0 Å². The summed E-state index contributed by atoms with van der Waals surface area (Å²) < 4.78 is 4.90. The van der Waals surface area contributed by atoms with Gasteiger partial charge in [0.1, 0.15) is 0 Å². The molecule has 0 heterocycles. The highest BCUT2D eigenvalue weighted by Gasteiger charge is 2.10. The van der Waals surface area contributed by atoms with Gasteiger partial charge in [-0.3, -0.25) is 0 Å². The Morgan fingerprint density at radius 3 is 1.69 bits per heavy atom. The first-order chi connectivity index (χ1) is 12.3. The molecule has 0 unspecified atom stereocenters. The van der Waals surface area contributed by atoms with Crippen molar-refractivity contribution in [3.63, 3.8) is 0 Å². The third kappa shape index (κ3) is 20.6. The number of ether oxygens (including phenoxy) is 1. The van der Waals surface area contributed by atoms with Crippen LogP contribution < -0.4 is 0 Å². The first-order valence-electron chi connectivity index (χ1n) is 9.69. The molecular formula is C20H36O6. The highest BCUT2D eigenvalue weighted by Crippen LogP contribution is 2.12. The number of esters is 1. The van der Waals surface area contributed by atoms with E-state index in [0.717, 1.165) is 37.8 Å². The molecule has 0 aromatic rings. The molecular weight excluding hydrogens is 336 g/mol. The Morgan fingerprint density at radius 1 is 0.769 bits per heavy atom. The Morgan fingerprint density at radius 2 is 1.23 bits per heavy atom. The zero-order chi connectivity index (χ0) is 19.7. The van der Waals surface area contributed by atoms with Crippen molar-refractivity contribution in [2.45, 2.75) is 90.6 Å². The van der Waals surface area contributed by atoms with Gasteiger partial charge in [0.25, 0.3) is 0 Å². The Hall–Kier alpha value is -1.40. The van der Waals surface area contributed by atoms with Crippen molar-refractivity contribution < 1.29 is 29.2 Å². The maximum atomic E-state index is 11.1. The smallest absolute Gasteiger partial charge is 0.331 e. The zero-order valence-corrected chi connectivity index (χ0v) is 16.6. The molecule has 26 heavy (non-hydrogen) atoms. The van der Waals surface area contributed by atoms with Crippen LogP contribution in [-0.2, 0) is 24.1 Å². The molecule has 1 N–H and O–H groups in total. The second-order valence-electron chi connectivity index (χ2n) is 7.39. The number of rotatable bonds is 16. The van der Waals surface area contributed by atoms with E-state index < -0.39 is 11.9 Å². The van der Waals surface area contributed by atoms with Crippen LogP contribution in [0.2, 0.25) is 0 Å². The lowest BCUT2D eigenvalue weighted by atomic mass is 10.1. The summed E-state index contributed by atoms with van der Waals surface area (Å²) in [6.45, 7) is 6.93. The maximum absolute atomic E-state index is 11.1. The van der Waals surface area contributed by atoms with Crippen LogP contribution in [0.5, 0.6) is 0 Å². The Bertz CT molecular complexity index is 398. The second kappa shape index (κ2) is 15.8. The summed E-state index contributed by atoms with van der Waals surface area (Å²) in [5, 5.41) is 8.38. The number of carbonyl (C=O) groups excluding carboxylic acids is 1. The first-order valence-corrected chi connectivity index (χ1v) is 9.69. The van der Waals surface area contributed by atoms with E-state index in [9.17, 15) is 9.59 Å². The van der Waals surface area contributed by atoms with Gasteiger partial charge in [-0.2, -0.15) is 0 Å². The average molecular weight is 373 g/mol. The second-order valence-corrected chi connectivity index (χ2v) is 7.39. The highest BCUT2D eigenvalue weighted by molar-refractivity contribution is 5.90. The van der Waals surface area contributed by atoms with Gasteiger partial charge >= 0.3 is 11.9 Å². The van der Waals surface area contributed by atoms with Crippen molar-refractivity contribution in [2.24, 2.45) is 0 Å². The van der Waals surface area contributed by atoms with Crippen LogP contribution in [0.25, 0.3) is 0 Å². The standard InChI is InChI=1S/C20H36O6/c1-20(2,3)26-25-17-13-11-9-7-5-4-6-8-10-12-16-24-19(23)15-14-18(21)22/h14-15H,4-13,16-17H2,1-3H3,(H,21,22). The van der Waals surface area contributed by atoms with Gasteiger partial charge in [0.05, 0.1) is 18.8 Å². The van der Waals surface area contributed by atoms with Crippen molar-refractivity contribution in [1.29, 1.82) is 0 Å². The molecule has 0 aromatic heterocycles. The lowest BCUT2D eigenvalue weighted by Gasteiger charge is -2.17. The van der Waals surface area contributed by atoms with Crippen molar-refractivity contribution in [1.82, 2.24) is 0 Å². The van der Waals surface area contributed by atoms with E-state index in [1.807, 2.05) is 20.8 Å². The minimum absolute atomic E-state index is 0.237. The third-order valence-electron chi connectivity index (χ3n) is 3.54. The van der Waals surface area contributed by atoms with E-state index in [-0.39, 0.29) is 5.60 Å². The number of carbonyl (C=O) groups is 2. The largest absolute Gasteiger partial charge is 0.478 e. The van der Waals surface area contributed by atoms with E-state index in [1.165, 1.54) is 38.5 Å². The highest BCUT2D eigenvalue weighted by atomic mass is 17.2. The van der Waals surface area contributed by atoms with Gasteiger partial charge in [-0.15, -0.1) is 0 Å². The number of hydrogen-bond acceptors (Lipinski definition) is 5. The number of unbranched alkanes of at least 4 members (excludes halogenated alkanes) is 9. The molecule has 0 saturated heterocycles. The van der Waals surface area contributed by atoms with Gasteiger partial charge in [-0.25, -0.2) is 19.4 Å². The topological polar surface area (TPSA) is 82.1 Å². The van der Waals surface area contributed by atoms with Crippen LogP contribution in [0.4, 0.5) is 0 Å². The van der Waals surface area contributed by atoms with Gasteiger partial charge in [-0.1, -0.05) is 51.4 Å². The predicted octanol–water partition coefficient (Wildman–Crippen LogP) is 4.82. The fourth-order valence-corrected chi connectivity index (χ4v) is 2.26.